The molecule has 2 aromatic heterocycles. The lowest BCUT2D eigenvalue weighted by Crippen LogP contribution is -2.21. The lowest BCUT2D eigenvalue weighted by Gasteiger charge is -2.20. The molecule has 0 aliphatic heterocycles. The van der Waals surface area contributed by atoms with Gasteiger partial charge in [0.2, 0.25) is 5.95 Å². The molecule has 2 heterocycles. The van der Waals surface area contributed by atoms with E-state index in [1.165, 1.54) is 0 Å². The van der Waals surface area contributed by atoms with E-state index in [4.69, 9.17) is 0 Å². The minimum absolute atomic E-state index is 0.0253. The third-order valence-electron chi connectivity index (χ3n) is 5.66. The van der Waals surface area contributed by atoms with Gasteiger partial charge in [-0.05, 0) is 43.9 Å². The number of aromatic nitrogens is 4. The van der Waals surface area contributed by atoms with Crippen LogP contribution in [0.3, 0.4) is 0 Å². The van der Waals surface area contributed by atoms with Crippen LogP contribution in [0.1, 0.15) is 44.3 Å². The summed E-state index contributed by atoms with van der Waals surface area (Å²) in [5.74, 6) is -2.00. The first kappa shape index (κ1) is 23.0. The number of aliphatic hydroxyl groups excluding tert-OH is 1. The zero-order chi connectivity index (χ0) is 23.6. The molecule has 0 fully saturated rings. The summed E-state index contributed by atoms with van der Waals surface area (Å²) < 4.78 is 53.5. The highest BCUT2D eigenvalue weighted by Gasteiger charge is 2.35. The number of hydrogen-bond acceptors (Lipinski definition) is 6. The molecule has 10 heteroatoms. The molecule has 1 aliphatic rings. The first-order chi connectivity index (χ1) is 15.7. The Hall–Kier alpha value is -3.14. The Morgan fingerprint density at radius 2 is 2.00 bits per heavy atom. The molecule has 2 atom stereocenters. The number of anilines is 2. The van der Waals surface area contributed by atoms with Gasteiger partial charge in [-0.15, -0.1) is 0 Å². The summed E-state index contributed by atoms with van der Waals surface area (Å²) in [6.07, 6.45) is -2.99. The van der Waals surface area contributed by atoms with E-state index in [1.54, 1.807) is 18.3 Å². The smallest absolute Gasteiger partial charge is 0.386 e. The highest BCUT2D eigenvalue weighted by atomic mass is 19.4. The number of aryl methyl sites for hydroxylation is 1. The number of nitrogens with zero attached hydrogens (tertiary/aromatic N) is 4. The standard InChI is InChI=1S/C23H23F4N5O/c1-13(23(25,26)27)7-10-19-30-21(16-5-2-6-18(33)20(16)24)32-22(31-19)29-15-9-8-14-4-3-11-28-17(14)12-15/h3-4,8-9,11-13,18,33H,2,5-7,10H2,1H3,(H,29,30,31,32)/t13-,18?/m0/s1. The van der Waals surface area contributed by atoms with Gasteiger partial charge in [0, 0.05) is 29.3 Å². The van der Waals surface area contributed by atoms with E-state index in [0.29, 0.717) is 24.9 Å². The van der Waals surface area contributed by atoms with Gasteiger partial charge in [0.15, 0.2) is 5.82 Å². The van der Waals surface area contributed by atoms with Crippen LogP contribution < -0.4 is 5.32 Å². The van der Waals surface area contributed by atoms with Crippen LogP contribution in [0.15, 0.2) is 42.4 Å². The monoisotopic (exact) mass is 461 g/mol. The molecule has 2 N–H and O–H groups in total. The number of rotatable bonds is 6. The second-order valence-electron chi connectivity index (χ2n) is 8.15. The average molecular weight is 461 g/mol. The molecule has 0 saturated heterocycles. The van der Waals surface area contributed by atoms with Crippen molar-refractivity contribution in [3.05, 3.63) is 54.0 Å². The number of allylic oxidation sites excluding steroid dienone is 1. The highest BCUT2D eigenvalue weighted by Crippen LogP contribution is 2.33. The fourth-order valence-electron chi connectivity index (χ4n) is 3.64. The van der Waals surface area contributed by atoms with Crippen LogP contribution in [0.25, 0.3) is 16.5 Å². The number of halogens is 4. The fourth-order valence-corrected chi connectivity index (χ4v) is 3.64. The van der Waals surface area contributed by atoms with Crippen molar-refractivity contribution in [3.63, 3.8) is 0 Å². The average Bonchev–Trinajstić information content (AvgIpc) is 2.78. The molecule has 1 unspecified atom stereocenters. The topological polar surface area (TPSA) is 83.8 Å². The largest absolute Gasteiger partial charge is 0.391 e. The molecule has 0 saturated carbocycles. The second kappa shape index (κ2) is 9.38. The quantitative estimate of drug-likeness (QED) is 0.471. The van der Waals surface area contributed by atoms with E-state index in [2.05, 4.69) is 25.3 Å². The van der Waals surface area contributed by atoms with Crippen LogP contribution in [-0.2, 0) is 6.42 Å². The molecule has 1 aromatic carbocycles. The maximum absolute atomic E-state index is 14.6. The highest BCUT2D eigenvalue weighted by molar-refractivity contribution is 5.82. The van der Waals surface area contributed by atoms with Gasteiger partial charge in [0.05, 0.1) is 11.4 Å². The summed E-state index contributed by atoms with van der Waals surface area (Å²) in [7, 11) is 0. The van der Waals surface area contributed by atoms with Crippen LogP contribution in [0.5, 0.6) is 0 Å². The maximum atomic E-state index is 14.6. The van der Waals surface area contributed by atoms with Gasteiger partial charge in [0.25, 0.3) is 0 Å². The Labute approximate surface area is 187 Å². The van der Waals surface area contributed by atoms with Crippen molar-refractivity contribution >= 4 is 28.1 Å². The second-order valence-corrected chi connectivity index (χ2v) is 8.15. The number of aliphatic hydroxyl groups is 1. The number of hydrogen-bond donors (Lipinski definition) is 2. The molecular weight excluding hydrogens is 438 g/mol. The summed E-state index contributed by atoms with van der Waals surface area (Å²) in [5, 5.41) is 13.9. The number of pyridine rings is 1. The SMILES string of the molecule is C[C@@H](CCc1nc(Nc2ccc3cccnc3c2)nc(C2=C(F)C(O)CCC2)n1)C(F)(F)F. The zero-order valence-electron chi connectivity index (χ0n) is 17.9. The molecule has 33 heavy (non-hydrogen) atoms. The Morgan fingerprint density at radius 3 is 2.79 bits per heavy atom. The molecule has 4 rings (SSSR count). The van der Waals surface area contributed by atoms with Crippen molar-refractivity contribution in [2.24, 2.45) is 5.92 Å². The number of nitrogens with one attached hydrogen (secondary N) is 1. The van der Waals surface area contributed by atoms with Crippen molar-refractivity contribution in [2.75, 3.05) is 5.32 Å². The lowest BCUT2D eigenvalue weighted by molar-refractivity contribution is -0.171. The van der Waals surface area contributed by atoms with Crippen LogP contribution >= 0.6 is 0 Å². The predicted octanol–water partition coefficient (Wildman–Crippen LogP) is 5.52. The summed E-state index contributed by atoms with van der Waals surface area (Å²) in [6.45, 7) is 1.10. The minimum atomic E-state index is -4.32. The van der Waals surface area contributed by atoms with Crippen LogP contribution in [-0.4, -0.2) is 37.3 Å². The fraction of sp³-hybridized carbons (Fsp3) is 0.391. The Balaban J connectivity index is 1.67. The molecule has 174 valence electrons. The minimum Gasteiger partial charge on any atom is -0.386 e. The predicted molar refractivity (Wildman–Crippen MR) is 116 cm³/mol. The van der Waals surface area contributed by atoms with E-state index in [0.717, 1.165) is 17.8 Å². The van der Waals surface area contributed by atoms with E-state index < -0.39 is 24.0 Å². The third kappa shape index (κ3) is 5.44. The molecule has 3 aromatic rings. The summed E-state index contributed by atoms with van der Waals surface area (Å²) in [6, 6.07) is 9.18. The van der Waals surface area contributed by atoms with Crippen molar-refractivity contribution < 1.29 is 22.7 Å². The first-order valence-corrected chi connectivity index (χ1v) is 10.7. The normalized spacial score (nSPS) is 17.9. The van der Waals surface area contributed by atoms with E-state index in [9.17, 15) is 22.7 Å². The van der Waals surface area contributed by atoms with Gasteiger partial charge in [0.1, 0.15) is 17.8 Å². The number of benzene rings is 1. The van der Waals surface area contributed by atoms with E-state index in [1.807, 2.05) is 18.2 Å². The van der Waals surface area contributed by atoms with E-state index >= 15 is 0 Å². The number of fused-ring (bicyclic) bond motifs is 1. The molecule has 0 bridgehead atoms. The zero-order valence-corrected chi connectivity index (χ0v) is 17.9. The van der Waals surface area contributed by atoms with Crippen molar-refractivity contribution in [2.45, 2.75) is 51.3 Å². The molecule has 0 radical (unpaired) electrons. The summed E-state index contributed by atoms with van der Waals surface area (Å²) in [5.41, 5.74) is 1.51. The maximum Gasteiger partial charge on any atom is 0.391 e. The van der Waals surface area contributed by atoms with E-state index in [-0.39, 0.29) is 36.0 Å². The lowest BCUT2D eigenvalue weighted by atomic mass is 9.95. The van der Waals surface area contributed by atoms with Crippen LogP contribution in [0.2, 0.25) is 0 Å². The van der Waals surface area contributed by atoms with Gasteiger partial charge < -0.3 is 10.4 Å². The summed E-state index contributed by atoms with van der Waals surface area (Å²) >= 11 is 0. The number of alkyl halides is 3. The van der Waals surface area contributed by atoms with Gasteiger partial charge in [-0.1, -0.05) is 19.1 Å². The van der Waals surface area contributed by atoms with Crippen molar-refractivity contribution in [1.29, 1.82) is 0 Å². The summed E-state index contributed by atoms with van der Waals surface area (Å²) in [4.78, 5) is 17.1. The van der Waals surface area contributed by atoms with Crippen LogP contribution in [0.4, 0.5) is 29.2 Å². The molecule has 6 nitrogen and oxygen atoms in total. The Morgan fingerprint density at radius 1 is 1.18 bits per heavy atom. The molecule has 0 amide bonds. The molecular formula is C23H23F4N5O. The Bertz CT molecular complexity index is 1180. The van der Waals surface area contributed by atoms with Crippen molar-refractivity contribution in [1.82, 2.24) is 19.9 Å². The van der Waals surface area contributed by atoms with Crippen LogP contribution in [0, 0.1) is 5.92 Å². The van der Waals surface area contributed by atoms with Crippen molar-refractivity contribution in [3.8, 4) is 0 Å². The van der Waals surface area contributed by atoms with Gasteiger partial charge in [-0.3, -0.25) is 4.98 Å². The van der Waals surface area contributed by atoms with Gasteiger partial charge in [-0.2, -0.15) is 23.1 Å². The third-order valence-corrected chi connectivity index (χ3v) is 5.66. The Kier molecular flexibility index (Phi) is 6.55. The van der Waals surface area contributed by atoms with Gasteiger partial charge in [-0.25, -0.2) is 9.37 Å². The first-order valence-electron chi connectivity index (χ1n) is 10.7. The van der Waals surface area contributed by atoms with Gasteiger partial charge >= 0.3 is 6.18 Å². The molecule has 1 aliphatic carbocycles. The molecule has 0 spiro atoms.